The van der Waals surface area contributed by atoms with E-state index in [-0.39, 0.29) is 18.2 Å². The molecular weight excluding hydrogens is 392 g/mol. The molecule has 1 saturated heterocycles. The maximum absolute atomic E-state index is 13.1. The van der Waals surface area contributed by atoms with E-state index in [1.165, 1.54) is 4.31 Å². The average molecular weight is 419 g/mol. The number of para-hydroxylation sites is 1. The minimum atomic E-state index is -3.70. The number of rotatable bonds is 9. The minimum Gasteiger partial charge on any atom is -0.489 e. The van der Waals surface area contributed by atoms with Crippen LogP contribution in [-0.2, 0) is 25.3 Å². The van der Waals surface area contributed by atoms with Crippen molar-refractivity contribution in [2.75, 3.05) is 26.8 Å². The highest BCUT2D eigenvalue weighted by atomic mass is 32.2. The van der Waals surface area contributed by atoms with Crippen molar-refractivity contribution < 1.29 is 22.7 Å². The Bertz CT molecular complexity index is 890. The number of amides is 1. The minimum absolute atomic E-state index is 0.131. The van der Waals surface area contributed by atoms with Crippen LogP contribution in [0.4, 0.5) is 0 Å². The van der Waals surface area contributed by atoms with Crippen LogP contribution in [0.15, 0.2) is 60.7 Å². The molecule has 0 radical (unpaired) electrons. The summed E-state index contributed by atoms with van der Waals surface area (Å²) in [6.45, 7) is 0.814. The van der Waals surface area contributed by atoms with Gasteiger partial charge in [-0.25, -0.2) is 8.42 Å². The molecule has 1 aliphatic rings. The predicted octanol–water partition coefficient (Wildman–Crippen LogP) is 1.80. The van der Waals surface area contributed by atoms with Gasteiger partial charge in [-0.3, -0.25) is 4.79 Å². The normalized spacial score (nSPS) is 19.8. The summed E-state index contributed by atoms with van der Waals surface area (Å²) in [6.07, 6.45) is -0.108. The van der Waals surface area contributed by atoms with E-state index in [9.17, 15) is 13.2 Å². The van der Waals surface area contributed by atoms with Gasteiger partial charge in [0.2, 0.25) is 15.9 Å². The lowest BCUT2D eigenvalue weighted by molar-refractivity contribution is -0.124. The molecule has 2 atom stereocenters. The van der Waals surface area contributed by atoms with Crippen molar-refractivity contribution in [2.24, 2.45) is 0 Å². The Labute approximate surface area is 171 Å². The van der Waals surface area contributed by atoms with Crippen molar-refractivity contribution in [2.45, 2.75) is 24.3 Å². The first-order valence-corrected chi connectivity index (χ1v) is 11.1. The lowest BCUT2D eigenvalue weighted by Gasteiger charge is -2.23. The van der Waals surface area contributed by atoms with Crippen LogP contribution in [0, 0.1) is 0 Å². The van der Waals surface area contributed by atoms with Gasteiger partial charge in [-0.05, 0) is 17.7 Å². The van der Waals surface area contributed by atoms with Gasteiger partial charge in [-0.15, -0.1) is 0 Å². The van der Waals surface area contributed by atoms with Crippen LogP contribution in [0.25, 0.3) is 0 Å². The highest BCUT2D eigenvalue weighted by molar-refractivity contribution is 7.88. The lowest BCUT2D eigenvalue weighted by Crippen LogP contribution is -2.46. The Balaban J connectivity index is 1.77. The fraction of sp³-hybridized carbons (Fsp3) is 0.381. The smallest absolute Gasteiger partial charge is 0.238 e. The van der Waals surface area contributed by atoms with Crippen LogP contribution >= 0.6 is 0 Å². The average Bonchev–Trinajstić information content (AvgIpc) is 3.14. The van der Waals surface area contributed by atoms with Crippen molar-refractivity contribution in [3.8, 4) is 5.75 Å². The van der Waals surface area contributed by atoms with Crippen molar-refractivity contribution in [3.05, 3.63) is 66.2 Å². The molecule has 2 aromatic rings. The van der Waals surface area contributed by atoms with Crippen molar-refractivity contribution in [1.82, 2.24) is 9.62 Å². The molecular formula is C21H26N2O5S. The summed E-state index contributed by atoms with van der Waals surface area (Å²) in [5, 5.41) is 2.75. The summed E-state index contributed by atoms with van der Waals surface area (Å²) in [6, 6.07) is 17.4. The van der Waals surface area contributed by atoms with Crippen molar-refractivity contribution >= 4 is 15.9 Å². The monoisotopic (exact) mass is 418 g/mol. The van der Waals surface area contributed by atoms with Gasteiger partial charge in [0.25, 0.3) is 0 Å². The van der Waals surface area contributed by atoms with Crippen LogP contribution in [0.3, 0.4) is 0 Å². The standard InChI is InChI=1S/C21H26N2O5S/c1-27-13-12-22-21(24)20-14-19(28-18-10-6-3-7-11-18)15-23(20)29(25,26)16-17-8-4-2-5-9-17/h2-11,19-20H,12-16H2,1H3,(H,22,24). The molecule has 156 valence electrons. The van der Waals surface area contributed by atoms with Crippen molar-refractivity contribution in [1.29, 1.82) is 0 Å². The molecule has 1 heterocycles. The summed E-state index contributed by atoms with van der Waals surface area (Å²) in [7, 11) is -2.16. The second-order valence-electron chi connectivity index (χ2n) is 6.90. The molecule has 0 aliphatic carbocycles. The summed E-state index contributed by atoms with van der Waals surface area (Å²) < 4.78 is 38.4. The largest absolute Gasteiger partial charge is 0.489 e. The van der Waals surface area contributed by atoms with E-state index in [0.717, 1.165) is 0 Å². The first-order chi connectivity index (χ1) is 14.0. The number of ether oxygens (including phenoxy) is 2. The number of nitrogens with zero attached hydrogens (tertiary/aromatic N) is 1. The predicted molar refractivity (Wildman–Crippen MR) is 110 cm³/mol. The summed E-state index contributed by atoms with van der Waals surface area (Å²) >= 11 is 0. The molecule has 1 N–H and O–H groups in total. The number of sulfonamides is 1. The van der Waals surface area contributed by atoms with Gasteiger partial charge >= 0.3 is 0 Å². The van der Waals surface area contributed by atoms with Crippen LogP contribution in [0.5, 0.6) is 5.75 Å². The van der Waals surface area contributed by atoms with Crippen LogP contribution in [-0.4, -0.2) is 57.6 Å². The number of hydrogen-bond donors (Lipinski definition) is 1. The first kappa shape index (κ1) is 21.3. The molecule has 1 amide bonds. The molecule has 7 nitrogen and oxygen atoms in total. The van der Waals surface area contributed by atoms with E-state index in [1.54, 1.807) is 31.4 Å². The quantitative estimate of drug-likeness (QED) is 0.628. The highest BCUT2D eigenvalue weighted by Gasteiger charge is 2.44. The Morgan fingerprint density at radius 3 is 2.41 bits per heavy atom. The SMILES string of the molecule is COCCNC(=O)C1CC(Oc2ccccc2)CN1S(=O)(=O)Cc1ccccc1. The summed E-state index contributed by atoms with van der Waals surface area (Å²) in [5.41, 5.74) is 0.679. The number of carbonyl (C=O) groups excluding carboxylic acids is 1. The number of carbonyl (C=O) groups is 1. The third kappa shape index (κ3) is 5.79. The van der Waals surface area contributed by atoms with Crippen LogP contribution in [0.2, 0.25) is 0 Å². The maximum atomic E-state index is 13.1. The van der Waals surface area contributed by atoms with Crippen LogP contribution in [0.1, 0.15) is 12.0 Å². The molecule has 8 heteroatoms. The van der Waals surface area contributed by atoms with E-state index >= 15 is 0 Å². The molecule has 0 saturated carbocycles. The molecule has 1 fully saturated rings. The maximum Gasteiger partial charge on any atom is 0.238 e. The van der Waals surface area contributed by atoms with Gasteiger partial charge in [-0.2, -0.15) is 4.31 Å². The zero-order valence-corrected chi connectivity index (χ0v) is 17.2. The van der Waals surface area contributed by atoms with Gasteiger partial charge in [0, 0.05) is 20.1 Å². The number of nitrogens with one attached hydrogen (secondary N) is 1. The van der Waals surface area contributed by atoms with E-state index in [1.807, 2.05) is 36.4 Å². The molecule has 3 rings (SSSR count). The Morgan fingerprint density at radius 2 is 1.76 bits per heavy atom. The highest BCUT2D eigenvalue weighted by Crippen LogP contribution is 2.27. The molecule has 0 aromatic heterocycles. The molecule has 2 aromatic carbocycles. The fourth-order valence-electron chi connectivity index (χ4n) is 3.35. The second kappa shape index (κ2) is 9.87. The molecule has 0 bridgehead atoms. The molecule has 0 spiro atoms. The molecule has 1 aliphatic heterocycles. The van der Waals surface area contributed by atoms with E-state index < -0.39 is 22.2 Å². The first-order valence-electron chi connectivity index (χ1n) is 9.51. The van der Waals surface area contributed by atoms with Crippen molar-refractivity contribution in [3.63, 3.8) is 0 Å². The lowest BCUT2D eigenvalue weighted by atomic mass is 10.2. The van der Waals surface area contributed by atoms with Crippen LogP contribution < -0.4 is 10.1 Å². The zero-order valence-electron chi connectivity index (χ0n) is 16.4. The second-order valence-corrected chi connectivity index (χ2v) is 8.82. The van der Waals surface area contributed by atoms with Gasteiger partial charge in [-0.1, -0.05) is 48.5 Å². The Kier molecular flexibility index (Phi) is 7.24. The van der Waals surface area contributed by atoms with Gasteiger partial charge in [0.15, 0.2) is 0 Å². The third-order valence-electron chi connectivity index (χ3n) is 4.72. The van der Waals surface area contributed by atoms with Gasteiger partial charge in [0.1, 0.15) is 17.9 Å². The number of hydrogen-bond acceptors (Lipinski definition) is 5. The number of methoxy groups -OCH3 is 1. The zero-order chi connectivity index (χ0) is 20.7. The topological polar surface area (TPSA) is 84.9 Å². The van der Waals surface area contributed by atoms with E-state index in [2.05, 4.69) is 5.32 Å². The molecule has 2 unspecified atom stereocenters. The third-order valence-corrected chi connectivity index (χ3v) is 6.54. The number of benzene rings is 2. The van der Waals surface area contributed by atoms with E-state index in [4.69, 9.17) is 9.47 Å². The van der Waals surface area contributed by atoms with Gasteiger partial charge in [0.05, 0.1) is 18.9 Å². The summed E-state index contributed by atoms with van der Waals surface area (Å²) in [5.74, 6) is 0.157. The Hall–Kier alpha value is -2.42. The van der Waals surface area contributed by atoms with Gasteiger partial charge < -0.3 is 14.8 Å². The fourth-order valence-corrected chi connectivity index (χ4v) is 5.10. The van der Waals surface area contributed by atoms with E-state index in [0.29, 0.717) is 30.9 Å². The molecule has 29 heavy (non-hydrogen) atoms. The summed E-state index contributed by atoms with van der Waals surface area (Å²) in [4.78, 5) is 12.7. The Morgan fingerprint density at radius 1 is 1.10 bits per heavy atom.